The van der Waals surface area contributed by atoms with E-state index in [0.29, 0.717) is 5.69 Å². The third-order valence-electron chi connectivity index (χ3n) is 3.85. The third-order valence-corrected chi connectivity index (χ3v) is 3.85. The molecule has 0 aliphatic carbocycles. The topological polar surface area (TPSA) is 150 Å². The van der Waals surface area contributed by atoms with Gasteiger partial charge in [0.25, 0.3) is 5.90 Å². The van der Waals surface area contributed by atoms with E-state index in [0.717, 1.165) is 0 Å². The third kappa shape index (κ3) is 5.39. The molecule has 4 atom stereocenters. The van der Waals surface area contributed by atoms with Gasteiger partial charge in [0.05, 0.1) is 6.61 Å². The quantitative estimate of drug-likeness (QED) is 0.350. The fourth-order valence-electron chi connectivity index (χ4n) is 2.30. The molecule has 1 aromatic carbocycles. The molecule has 1 aliphatic rings. The van der Waals surface area contributed by atoms with E-state index in [1.807, 2.05) is 0 Å². The minimum Gasteiger partial charge on any atom is -0.468 e. The summed E-state index contributed by atoms with van der Waals surface area (Å²) in [6.45, 7) is 2.66. The number of amides is 2. The first-order valence-corrected chi connectivity index (χ1v) is 8.38. The second kappa shape index (κ2) is 9.31. The van der Waals surface area contributed by atoms with Gasteiger partial charge in [-0.1, -0.05) is 32.0 Å². The number of anilines is 1. The average molecular weight is 381 g/mol. The fourth-order valence-corrected chi connectivity index (χ4v) is 2.30. The Kier molecular flexibility index (Phi) is 7.11. The summed E-state index contributed by atoms with van der Waals surface area (Å²) in [5.41, 5.74) is 0.473. The van der Waals surface area contributed by atoms with Gasteiger partial charge in [0.1, 0.15) is 18.2 Å². The van der Waals surface area contributed by atoms with Gasteiger partial charge in [-0.15, -0.1) is 0 Å². The molecule has 1 aliphatic heterocycles. The van der Waals surface area contributed by atoms with Crippen molar-refractivity contribution in [3.8, 4) is 0 Å². The SMILES string of the molecule is CC(C)C(=O)N[C@H]1/C(=N/OC(=O)Nc2ccccc2)O[C@H](CO)[C@@H](O)[C@@H]1O. The van der Waals surface area contributed by atoms with Gasteiger partial charge < -0.3 is 25.4 Å². The number of carbonyl (C=O) groups excluding carboxylic acids is 2. The largest absolute Gasteiger partial charge is 0.468 e. The summed E-state index contributed by atoms with van der Waals surface area (Å²) in [6, 6.07) is 7.23. The second-order valence-electron chi connectivity index (χ2n) is 6.26. The number of hydrogen-bond acceptors (Lipinski definition) is 8. The Morgan fingerprint density at radius 3 is 2.48 bits per heavy atom. The lowest BCUT2D eigenvalue weighted by Crippen LogP contribution is -2.63. The van der Waals surface area contributed by atoms with Gasteiger partial charge >= 0.3 is 6.09 Å². The summed E-state index contributed by atoms with van der Waals surface area (Å²) in [5.74, 6) is -1.18. The number of nitrogens with zero attached hydrogens (tertiary/aromatic N) is 1. The molecule has 1 saturated heterocycles. The van der Waals surface area contributed by atoms with Crippen LogP contribution in [0.25, 0.3) is 0 Å². The first-order valence-electron chi connectivity index (χ1n) is 8.38. The van der Waals surface area contributed by atoms with E-state index in [9.17, 15) is 24.9 Å². The van der Waals surface area contributed by atoms with Gasteiger partial charge in [-0.2, -0.15) is 0 Å². The Morgan fingerprint density at radius 2 is 1.89 bits per heavy atom. The highest BCUT2D eigenvalue weighted by Crippen LogP contribution is 2.19. The highest BCUT2D eigenvalue weighted by molar-refractivity contribution is 5.90. The number of benzene rings is 1. The van der Waals surface area contributed by atoms with E-state index in [-0.39, 0.29) is 5.90 Å². The van der Waals surface area contributed by atoms with Crippen LogP contribution in [0.5, 0.6) is 0 Å². The highest BCUT2D eigenvalue weighted by atomic mass is 16.7. The van der Waals surface area contributed by atoms with Gasteiger partial charge in [-0.25, -0.2) is 4.79 Å². The van der Waals surface area contributed by atoms with Crippen LogP contribution in [0.15, 0.2) is 35.5 Å². The first-order chi connectivity index (χ1) is 12.8. The van der Waals surface area contributed by atoms with Crippen molar-refractivity contribution in [1.29, 1.82) is 0 Å². The predicted molar refractivity (Wildman–Crippen MR) is 94.7 cm³/mol. The van der Waals surface area contributed by atoms with Crippen molar-refractivity contribution in [3.63, 3.8) is 0 Å². The fraction of sp³-hybridized carbons (Fsp3) is 0.471. The Morgan fingerprint density at radius 1 is 1.22 bits per heavy atom. The molecule has 148 valence electrons. The van der Waals surface area contributed by atoms with Crippen LogP contribution in [0.1, 0.15) is 13.8 Å². The standard InChI is InChI=1S/C17H23N3O7/c1-9(2)15(24)19-12-14(23)13(22)11(8-21)26-16(12)20-27-17(25)18-10-6-4-3-5-7-10/h3-7,9,11-14,21-23H,8H2,1-2H3,(H,18,25)(H,19,24)/b20-16-/t11-,12-,13-,14-/m1/s1. The van der Waals surface area contributed by atoms with Crippen LogP contribution in [0.3, 0.4) is 0 Å². The summed E-state index contributed by atoms with van der Waals surface area (Å²) in [4.78, 5) is 28.5. The summed E-state index contributed by atoms with van der Waals surface area (Å²) < 4.78 is 5.28. The molecule has 0 saturated carbocycles. The number of para-hydroxylation sites is 1. The van der Waals surface area contributed by atoms with Crippen LogP contribution in [0.2, 0.25) is 0 Å². The summed E-state index contributed by atoms with van der Waals surface area (Å²) >= 11 is 0. The molecule has 0 spiro atoms. The smallest absolute Gasteiger partial charge is 0.437 e. The number of oxime groups is 1. The molecule has 1 aromatic rings. The molecular formula is C17H23N3O7. The molecule has 0 unspecified atom stereocenters. The van der Waals surface area contributed by atoms with Gasteiger partial charge in [-0.05, 0) is 17.3 Å². The number of aliphatic hydroxyl groups is 3. The van der Waals surface area contributed by atoms with Crippen molar-refractivity contribution >= 4 is 23.6 Å². The van der Waals surface area contributed by atoms with Crippen molar-refractivity contribution in [1.82, 2.24) is 5.32 Å². The van der Waals surface area contributed by atoms with Gasteiger partial charge in [-0.3, -0.25) is 14.9 Å². The molecule has 5 N–H and O–H groups in total. The molecule has 1 fully saturated rings. The van der Waals surface area contributed by atoms with Crippen molar-refractivity contribution in [2.24, 2.45) is 11.1 Å². The maximum Gasteiger partial charge on any atom is 0.437 e. The first kappa shape index (κ1) is 20.6. The van der Waals surface area contributed by atoms with Crippen LogP contribution >= 0.6 is 0 Å². The molecule has 2 amide bonds. The molecule has 0 radical (unpaired) electrons. The summed E-state index contributed by atoms with van der Waals surface area (Å²) in [6.07, 6.45) is -5.10. The van der Waals surface area contributed by atoms with Gasteiger partial charge in [0.15, 0.2) is 6.10 Å². The Hall–Kier alpha value is -2.69. The molecule has 27 heavy (non-hydrogen) atoms. The minimum atomic E-state index is -1.52. The summed E-state index contributed by atoms with van der Waals surface area (Å²) in [5, 5.41) is 37.9. The van der Waals surface area contributed by atoms with Crippen LogP contribution in [0.4, 0.5) is 10.5 Å². The van der Waals surface area contributed by atoms with Crippen molar-refractivity contribution in [3.05, 3.63) is 30.3 Å². The van der Waals surface area contributed by atoms with Gasteiger partial charge in [0, 0.05) is 11.6 Å². The number of nitrogens with one attached hydrogen (secondary N) is 2. The molecule has 10 heteroatoms. The molecule has 1 heterocycles. The number of carbonyl (C=O) groups is 2. The van der Waals surface area contributed by atoms with Crippen molar-refractivity contribution < 1.29 is 34.5 Å². The molecular weight excluding hydrogens is 358 g/mol. The van der Waals surface area contributed by atoms with E-state index in [4.69, 9.17) is 9.57 Å². The van der Waals surface area contributed by atoms with E-state index < -0.39 is 48.9 Å². The zero-order valence-corrected chi connectivity index (χ0v) is 14.9. The second-order valence-corrected chi connectivity index (χ2v) is 6.26. The zero-order valence-electron chi connectivity index (χ0n) is 14.9. The Bertz CT molecular complexity index is 680. The zero-order chi connectivity index (χ0) is 20.0. The molecule has 0 bridgehead atoms. The maximum absolute atomic E-state index is 12.0. The minimum absolute atomic E-state index is 0.343. The molecule has 0 aromatic heterocycles. The maximum atomic E-state index is 12.0. The Labute approximate surface area is 155 Å². The lowest BCUT2D eigenvalue weighted by Gasteiger charge is -2.37. The van der Waals surface area contributed by atoms with Crippen molar-refractivity contribution in [2.45, 2.75) is 38.2 Å². The number of rotatable bonds is 5. The number of aliphatic hydroxyl groups excluding tert-OH is 3. The number of hydrogen-bond donors (Lipinski definition) is 5. The lowest BCUT2D eigenvalue weighted by atomic mass is 9.97. The van der Waals surface area contributed by atoms with E-state index in [2.05, 4.69) is 15.8 Å². The van der Waals surface area contributed by atoms with E-state index >= 15 is 0 Å². The van der Waals surface area contributed by atoms with Gasteiger partial charge in [0.2, 0.25) is 5.91 Å². The lowest BCUT2D eigenvalue weighted by molar-refractivity contribution is -0.130. The monoisotopic (exact) mass is 381 g/mol. The molecule has 10 nitrogen and oxygen atoms in total. The Balaban J connectivity index is 2.13. The number of ether oxygens (including phenoxy) is 1. The van der Waals surface area contributed by atoms with E-state index in [1.165, 1.54) is 0 Å². The van der Waals surface area contributed by atoms with Crippen LogP contribution in [-0.2, 0) is 14.4 Å². The highest BCUT2D eigenvalue weighted by Gasteiger charge is 2.44. The van der Waals surface area contributed by atoms with Crippen LogP contribution in [0, 0.1) is 5.92 Å². The van der Waals surface area contributed by atoms with Crippen molar-refractivity contribution in [2.75, 3.05) is 11.9 Å². The van der Waals surface area contributed by atoms with Crippen LogP contribution < -0.4 is 10.6 Å². The van der Waals surface area contributed by atoms with Crippen LogP contribution in [-0.4, -0.2) is 64.2 Å². The van der Waals surface area contributed by atoms with E-state index in [1.54, 1.807) is 44.2 Å². The summed E-state index contributed by atoms with van der Waals surface area (Å²) in [7, 11) is 0. The average Bonchev–Trinajstić information content (AvgIpc) is 2.65. The normalized spacial score (nSPS) is 26.4. The molecule has 2 rings (SSSR count). The predicted octanol–water partition coefficient (Wildman–Crippen LogP) is -0.198.